The van der Waals surface area contributed by atoms with Crippen LogP contribution in [0.4, 0.5) is 10.2 Å². The lowest BCUT2D eigenvalue weighted by Gasteiger charge is -2.39. The number of halogens is 2. The number of H-pyrrole nitrogens is 1. The van der Waals surface area contributed by atoms with Gasteiger partial charge in [0.1, 0.15) is 23.6 Å². The van der Waals surface area contributed by atoms with Gasteiger partial charge < -0.3 is 15.0 Å². The predicted molar refractivity (Wildman–Crippen MR) is 111 cm³/mol. The average molecular weight is 448 g/mol. The zero-order valence-electron chi connectivity index (χ0n) is 15.5. The van der Waals surface area contributed by atoms with Gasteiger partial charge in [-0.05, 0) is 53.7 Å². The number of benzene rings is 1. The molecule has 0 amide bonds. The van der Waals surface area contributed by atoms with Crippen molar-refractivity contribution in [1.82, 2.24) is 19.9 Å². The van der Waals surface area contributed by atoms with Crippen molar-refractivity contribution in [2.75, 3.05) is 31.6 Å². The third-order valence-electron chi connectivity index (χ3n) is 6.03. The van der Waals surface area contributed by atoms with Crippen molar-refractivity contribution in [2.45, 2.75) is 37.8 Å². The lowest BCUT2D eigenvalue weighted by Crippen LogP contribution is -2.46. The van der Waals surface area contributed by atoms with Crippen LogP contribution in [-0.4, -0.2) is 58.2 Å². The van der Waals surface area contributed by atoms with Crippen LogP contribution in [0.5, 0.6) is 0 Å². The maximum atomic E-state index is 13.9. The number of morpholine rings is 1. The summed E-state index contributed by atoms with van der Waals surface area (Å²) < 4.78 is 19.8. The lowest BCUT2D eigenvalue weighted by molar-refractivity contribution is 0.00791. The van der Waals surface area contributed by atoms with Gasteiger partial charge in [-0.2, -0.15) is 0 Å². The summed E-state index contributed by atoms with van der Waals surface area (Å²) >= 11 is 3.29. The molecule has 8 heteroatoms. The van der Waals surface area contributed by atoms with Gasteiger partial charge in [0.25, 0.3) is 0 Å². The van der Waals surface area contributed by atoms with Crippen molar-refractivity contribution in [3.63, 3.8) is 0 Å². The first-order valence-electron chi connectivity index (χ1n) is 9.89. The minimum atomic E-state index is -0.289. The first kappa shape index (κ1) is 18.3. The Morgan fingerprint density at radius 3 is 2.71 bits per heavy atom. The molecule has 5 rings (SSSR count). The second-order valence-electron chi connectivity index (χ2n) is 7.68. The van der Waals surface area contributed by atoms with Gasteiger partial charge in [-0.1, -0.05) is 0 Å². The Hall–Kier alpha value is -1.77. The van der Waals surface area contributed by atoms with Crippen molar-refractivity contribution >= 4 is 43.7 Å². The molecule has 2 fully saturated rings. The Bertz CT molecular complexity index is 995. The number of anilines is 1. The monoisotopic (exact) mass is 447 g/mol. The summed E-state index contributed by atoms with van der Waals surface area (Å²) in [6, 6.07) is 4.36. The maximum absolute atomic E-state index is 13.9. The molecular formula is C20H23BrFN5O. The molecule has 28 heavy (non-hydrogen) atoms. The quantitative estimate of drug-likeness (QED) is 0.633. The molecule has 2 N–H and O–H groups in total. The van der Waals surface area contributed by atoms with E-state index in [4.69, 9.17) is 4.74 Å². The van der Waals surface area contributed by atoms with E-state index in [1.807, 2.05) is 0 Å². The molecule has 3 aromatic rings. The van der Waals surface area contributed by atoms with Gasteiger partial charge in [0.2, 0.25) is 0 Å². The van der Waals surface area contributed by atoms with Gasteiger partial charge in [-0.15, -0.1) is 0 Å². The standard InChI is InChI=1S/C20H23BrFN5O/c21-15-9-14-17(10-16(15)22)26-20-18(14)19(23-11-24-20)25-12-1-3-13(4-2-12)27-5-7-28-8-6-27/h9-13H,1-8H2,(H2,23,24,25,26). The number of aromatic nitrogens is 3. The second-order valence-corrected chi connectivity index (χ2v) is 8.54. The van der Waals surface area contributed by atoms with E-state index in [0.717, 1.165) is 66.9 Å². The minimum absolute atomic E-state index is 0.289. The fourth-order valence-electron chi connectivity index (χ4n) is 4.55. The number of ether oxygens (including phenoxy) is 1. The molecule has 0 spiro atoms. The number of hydrogen-bond acceptors (Lipinski definition) is 5. The number of nitrogens with one attached hydrogen (secondary N) is 2. The van der Waals surface area contributed by atoms with E-state index < -0.39 is 0 Å². The van der Waals surface area contributed by atoms with Crippen LogP contribution in [0.15, 0.2) is 22.9 Å². The van der Waals surface area contributed by atoms with Gasteiger partial charge in [0.15, 0.2) is 0 Å². The Labute approximate surface area is 171 Å². The average Bonchev–Trinajstić information content (AvgIpc) is 3.08. The van der Waals surface area contributed by atoms with Crippen molar-refractivity contribution in [3.05, 3.63) is 28.7 Å². The summed E-state index contributed by atoms with van der Waals surface area (Å²) in [5, 5.41) is 5.49. The lowest BCUT2D eigenvalue weighted by atomic mass is 9.90. The highest BCUT2D eigenvalue weighted by Gasteiger charge is 2.27. The Balaban J connectivity index is 1.36. The zero-order valence-corrected chi connectivity index (χ0v) is 17.1. The van der Waals surface area contributed by atoms with Gasteiger partial charge in [-0.25, -0.2) is 14.4 Å². The number of fused-ring (bicyclic) bond motifs is 3. The molecule has 0 unspecified atom stereocenters. The van der Waals surface area contributed by atoms with Crippen LogP contribution < -0.4 is 5.32 Å². The third-order valence-corrected chi connectivity index (χ3v) is 6.64. The van der Waals surface area contributed by atoms with Crippen LogP contribution in [0.25, 0.3) is 21.9 Å². The molecule has 0 atom stereocenters. The smallest absolute Gasteiger partial charge is 0.143 e. The minimum Gasteiger partial charge on any atom is -0.379 e. The van der Waals surface area contributed by atoms with E-state index in [9.17, 15) is 4.39 Å². The van der Waals surface area contributed by atoms with Crippen LogP contribution in [-0.2, 0) is 4.74 Å². The first-order valence-corrected chi connectivity index (χ1v) is 10.7. The van der Waals surface area contributed by atoms with Crippen molar-refractivity contribution in [3.8, 4) is 0 Å². The number of rotatable bonds is 3. The molecular weight excluding hydrogens is 425 g/mol. The molecule has 148 valence electrons. The van der Waals surface area contributed by atoms with Crippen molar-refractivity contribution < 1.29 is 9.13 Å². The fourth-order valence-corrected chi connectivity index (χ4v) is 4.89. The highest BCUT2D eigenvalue weighted by molar-refractivity contribution is 9.10. The largest absolute Gasteiger partial charge is 0.379 e. The zero-order chi connectivity index (χ0) is 19.1. The van der Waals surface area contributed by atoms with E-state index in [-0.39, 0.29) is 5.82 Å². The van der Waals surface area contributed by atoms with Gasteiger partial charge >= 0.3 is 0 Å². The topological polar surface area (TPSA) is 66.1 Å². The number of nitrogens with zero attached hydrogens (tertiary/aromatic N) is 3. The maximum Gasteiger partial charge on any atom is 0.143 e. The van der Waals surface area contributed by atoms with E-state index >= 15 is 0 Å². The molecule has 2 aromatic heterocycles. The number of aromatic amines is 1. The summed E-state index contributed by atoms with van der Waals surface area (Å²) in [4.78, 5) is 14.6. The fraction of sp³-hybridized carbons (Fsp3) is 0.500. The molecule has 1 aliphatic carbocycles. The number of hydrogen-bond donors (Lipinski definition) is 2. The summed E-state index contributed by atoms with van der Waals surface area (Å²) in [5.41, 5.74) is 1.46. The third kappa shape index (κ3) is 3.38. The summed E-state index contributed by atoms with van der Waals surface area (Å²) in [5.74, 6) is 0.535. The van der Waals surface area contributed by atoms with E-state index in [1.54, 1.807) is 12.4 Å². The SMILES string of the molecule is Fc1cc2[nH]c3ncnc(NC4CCC(N5CCOCC5)CC4)c3c2cc1Br. The first-order chi connectivity index (χ1) is 13.7. The van der Waals surface area contributed by atoms with E-state index in [0.29, 0.717) is 16.6 Å². The van der Waals surface area contributed by atoms with Gasteiger partial charge in [0.05, 0.1) is 28.6 Å². The van der Waals surface area contributed by atoms with Gasteiger partial charge in [0, 0.05) is 30.6 Å². The summed E-state index contributed by atoms with van der Waals surface area (Å²) in [7, 11) is 0. The molecule has 1 saturated carbocycles. The van der Waals surface area contributed by atoms with Crippen LogP contribution in [0.1, 0.15) is 25.7 Å². The highest BCUT2D eigenvalue weighted by atomic mass is 79.9. The van der Waals surface area contributed by atoms with Crippen molar-refractivity contribution in [2.24, 2.45) is 0 Å². The molecule has 3 heterocycles. The molecule has 6 nitrogen and oxygen atoms in total. The molecule has 0 bridgehead atoms. The van der Waals surface area contributed by atoms with Crippen LogP contribution in [0.3, 0.4) is 0 Å². The molecule has 2 aliphatic rings. The molecule has 1 aliphatic heterocycles. The normalized spacial score (nSPS) is 24.1. The molecule has 1 aromatic carbocycles. The van der Waals surface area contributed by atoms with Gasteiger partial charge in [-0.3, -0.25) is 4.90 Å². The van der Waals surface area contributed by atoms with Crippen LogP contribution >= 0.6 is 15.9 Å². The highest BCUT2D eigenvalue weighted by Crippen LogP contribution is 2.34. The van der Waals surface area contributed by atoms with E-state index in [1.165, 1.54) is 18.9 Å². The molecule has 1 saturated heterocycles. The Kier molecular flexibility index (Phi) is 4.94. The van der Waals surface area contributed by atoms with E-state index in [2.05, 4.69) is 41.1 Å². The predicted octanol–water partition coefficient (Wildman–Crippen LogP) is 4.07. The summed E-state index contributed by atoms with van der Waals surface area (Å²) in [6.45, 7) is 3.81. The molecule has 0 radical (unpaired) electrons. The summed E-state index contributed by atoms with van der Waals surface area (Å²) in [6.07, 6.45) is 6.18. The second kappa shape index (κ2) is 7.57. The Morgan fingerprint density at radius 1 is 1.14 bits per heavy atom. The van der Waals surface area contributed by atoms with Crippen molar-refractivity contribution in [1.29, 1.82) is 0 Å². The Morgan fingerprint density at radius 2 is 1.93 bits per heavy atom. The van der Waals surface area contributed by atoms with Crippen LogP contribution in [0.2, 0.25) is 0 Å². The van der Waals surface area contributed by atoms with Crippen LogP contribution in [0, 0.1) is 5.82 Å².